The van der Waals surface area contributed by atoms with Crippen LogP contribution in [0.25, 0.3) is 0 Å². The average molecular weight is 284 g/mol. The molecule has 108 valence electrons. The Hall–Kier alpha value is -2.76. The van der Waals surface area contributed by atoms with Gasteiger partial charge in [-0.05, 0) is 25.1 Å². The molecular weight excluding hydrogens is 268 g/mol. The van der Waals surface area contributed by atoms with Gasteiger partial charge >= 0.3 is 0 Å². The Labute approximate surface area is 122 Å². The van der Waals surface area contributed by atoms with E-state index in [0.717, 1.165) is 11.4 Å². The van der Waals surface area contributed by atoms with E-state index >= 15 is 0 Å². The van der Waals surface area contributed by atoms with Gasteiger partial charge in [0.05, 0.1) is 28.8 Å². The van der Waals surface area contributed by atoms with Crippen LogP contribution in [0.3, 0.4) is 0 Å². The molecule has 2 heterocycles. The lowest BCUT2D eigenvalue weighted by atomic mass is 10.1. The maximum Gasteiger partial charge on any atom is 0.262 e. The normalized spacial score (nSPS) is 14.6. The fourth-order valence-corrected chi connectivity index (χ4v) is 2.21. The highest BCUT2D eigenvalue weighted by atomic mass is 16.5. The molecule has 0 aliphatic carbocycles. The van der Waals surface area contributed by atoms with E-state index in [1.165, 1.54) is 0 Å². The number of amides is 1. The van der Waals surface area contributed by atoms with E-state index in [1.54, 1.807) is 18.3 Å². The minimum absolute atomic E-state index is 0.00763. The zero-order chi connectivity index (χ0) is 14.8. The summed E-state index contributed by atoms with van der Waals surface area (Å²) in [6.07, 6.45) is 1.75. The van der Waals surface area contributed by atoms with Crippen molar-refractivity contribution in [2.75, 3.05) is 23.0 Å². The molecule has 21 heavy (non-hydrogen) atoms. The molecule has 0 bridgehead atoms. The summed E-state index contributed by atoms with van der Waals surface area (Å²) in [5, 5.41) is 6.06. The zero-order valence-electron chi connectivity index (χ0n) is 11.6. The van der Waals surface area contributed by atoms with Crippen LogP contribution in [0.2, 0.25) is 0 Å². The lowest BCUT2D eigenvalue weighted by Gasteiger charge is -2.22. The molecular formula is C15H16N4O2. The molecule has 1 aromatic carbocycles. The Morgan fingerprint density at radius 3 is 3.05 bits per heavy atom. The van der Waals surface area contributed by atoms with Gasteiger partial charge in [0, 0.05) is 12.3 Å². The van der Waals surface area contributed by atoms with Crippen molar-refractivity contribution in [3.63, 3.8) is 0 Å². The van der Waals surface area contributed by atoms with Crippen LogP contribution in [0.5, 0.6) is 5.75 Å². The van der Waals surface area contributed by atoms with Crippen LogP contribution >= 0.6 is 0 Å². The maximum atomic E-state index is 11.4. The Morgan fingerprint density at radius 2 is 2.29 bits per heavy atom. The van der Waals surface area contributed by atoms with E-state index in [4.69, 9.17) is 10.5 Å². The summed E-state index contributed by atoms with van der Waals surface area (Å²) in [6, 6.07) is 9.23. The number of rotatable bonds is 3. The third kappa shape index (κ3) is 2.74. The molecule has 0 radical (unpaired) electrons. The van der Waals surface area contributed by atoms with Crippen molar-refractivity contribution in [3.8, 4) is 5.75 Å². The number of nitrogen functional groups attached to an aromatic ring is 1. The monoisotopic (exact) mass is 284 g/mol. The topological polar surface area (TPSA) is 89.3 Å². The summed E-state index contributed by atoms with van der Waals surface area (Å²) in [6.45, 7) is 2.01. The first kappa shape index (κ1) is 13.2. The number of hydrogen-bond acceptors (Lipinski definition) is 5. The largest absolute Gasteiger partial charge is 0.482 e. The van der Waals surface area contributed by atoms with Crippen LogP contribution in [-0.2, 0) is 4.79 Å². The summed E-state index contributed by atoms with van der Waals surface area (Å²) in [5.41, 5.74) is 8.86. The summed E-state index contributed by atoms with van der Waals surface area (Å²) in [5.74, 6) is 0.416. The predicted molar refractivity (Wildman–Crippen MR) is 81.3 cm³/mol. The van der Waals surface area contributed by atoms with Gasteiger partial charge in [0.1, 0.15) is 5.75 Å². The third-order valence-electron chi connectivity index (χ3n) is 3.29. The zero-order valence-corrected chi connectivity index (χ0v) is 11.6. The lowest BCUT2D eigenvalue weighted by molar-refractivity contribution is -0.118. The van der Waals surface area contributed by atoms with Crippen LogP contribution in [0.4, 0.5) is 17.1 Å². The number of anilines is 3. The van der Waals surface area contributed by atoms with E-state index in [2.05, 4.69) is 15.6 Å². The Bertz CT molecular complexity index is 673. The first-order chi connectivity index (χ1) is 10.1. The molecule has 0 saturated heterocycles. The molecule has 2 aromatic rings. The third-order valence-corrected chi connectivity index (χ3v) is 3.29. The van der Waals surface area contributed by atoms with E-state index < -0.39 is 0 Å². The molecule has 6 nitrogen and oxygen atoms in total. The highest BCUT2D eigenvalue weighted by Crippen LogP contribution is 2.36. The summed E-state index contributed by atoms with van der Waals surface area (Å²) >= 11 is 0. The van der Waals surface area contributed by atoms with E-state index in [-0.39, 0.29) is 18.6 Å². The van der Waals surface area contributed by atoms with Crippen LogP contribution < -0.4 is 21.1 Å². The standard InChI is InChI=1S/C15H16N4O2/c1-9(11-4-2-3-5-17-11)18-12-7-13-14(6-10(12)16)21-8-15(20)19-13/h2-7,9,18H,8,16H2,1H3,(H,19,20). The number of carbonyl (C=O) groups is 1. The van der Waals surface area contributed by atoms with Crippen LogP contribution in [0, 0.1) is 0 Å². The van der Waals surface area contributed by atoms with Crippen molar-refractivity contribution >= 4 is 23.0 Å². The van der Waals surface area contributed by atoms with Crippen molar-refractivity contribution in [1.29, 1.82) is 0 Å². The van der Waals surface area contributed by atoms with E-state index in [9.17, 15) is 4.79 Å². The molecule has 0 fully saturated rings. The van der Waals surface area contributed by atoms with Gasteiger partial charge < -0.3 is 21.1 Å². The quantitative estimate of drug-likeness (QED) is 0.752. The minimum Gasteiger partial charge on any atom is -0.482 e. The molecule has 1 aliphatic rings. The summed E-state index contributed by atoms with van der Waals surface area (Å²) < 4.78 is 5.33. The molecule has 1 atom stereocenters. The number of fused-ring (bicyclic) bond motifs is 1. The van der Waals surface area contributed by atoms with Gasteiger partial charge in [-0.25, -0.2) is 0 Å². The second-order valence-electron chi connectivity index (χ2n) is 4.89. The first-order valence-corrected chi connectivity index (χ1v) is 6.67. The van der Waals surface area contributed by atoms with Crippen molar-refractivity contribution < 1.29 is 9.53 Å². The van der Waals surface area contributed by atoms with Gasteiger partial charge in [0.2, 0.25) is 0 Å². The van der Waals surface area contributed by atoms with Gasteiger partial charge in [-0.1, -0.05) is 6.07 Å². The fraction of sp³-hybridized carbons (Fsp3) is 0.200. The summed E-state index contributed by atoms with van der Waals surface area (Å²) in [7, 11) is 0. The number of pyridine rings is 1. The van der Waals surface area contributed by atoms with Gasteiger partial charge in [0.25, 0.3) is 5.91 Å². The average Bonchev–Trinajstić information content (AvgIpc) is 2.49. The van der Waals surface area contributed by atoms with E-state index in [0.29, 0.717) is 17.1 Å². The number of nitrogens with zero attached hydrogens (tertiary/aromatic N) is 1. The van der Waals surface area contributed by atoms with Crippen LogP contribution in [0.1, 0.15) is 18.7 Å². The Kier molecular flexibility index (Phi) is 3.35. The summed E-state index contributed by atoms with van der Waals surface area (Å²) in [4.78, 5) is 15.7. The molecule has 1 aromatic heterocycles. The number of nitrogens with one attached hydrogen (secondary N) is 2. The number of hydrogen-bond donors (Lipinski definition) is 3. The smallest absolute Gasteiger partial charge is 0.262 e. The lowest BCUT2D eigenvalue weighted by Crippen LogP contribution is -2.25. The van der Waals surface area contributed by atoms with Crippen molar-refractivity contribution in [2.24, 2.45) is 0 Å². The molecule has 0 saturated carbocycles. The Balaban J connectivity index is 1.86. The molecule has 0 spiro atoms. The highest BCUT2D eigenvalue weighted by molar-refractivity contribution is 5.97. The second-order valence-corrected chi connectivity index (χ2v) is 4.89. The maximum absolute atomic E-state index is 11.4. The highest BCUT2D eigenvalue weighted by Gasteiger charge is 2.18. The second kappa shape index (κ2) is 5.32. The minimum atomic E-state index is -0.170. The molecule has 3 rings (SSSR count). The van der Waals surface area contributed by atoms with Crippen molar-refractivity contribution in [1.82, 2.24) is 4.98 Å². The predicted octanol–water partition coefficient (Wildman–Crippen LogP) is 2.17. The van der Waals surface area contributed by atoms with Gasteiger partial charge in [-0.15, -0.1) is 0 Å². The first-order valence-electron chi connectivity index (χ1n) is 6.67. The molecule has 4 N–H and O–H groups in total. The van der Waals surface area contributed by atoms with Crippen LogP contribution in [-0.4, -0.2) is 17.5 Å². The molecule has 1 unspecified atom stereocenters. The number of aromatic nitrogens is 1. The number of nitrogens with two attached hydrogens (primary N) is 1. The molecule has 1 amide bonds. The molecule has 1 aliphatic heterocycles. The SMILES string of the molecule is CC(Nc1cc2c(cc1N)OCC(=O)N2)c1ccccn1. The fourth-order valence-electron chi connectivity index (χ4n) is 2.21. The number of benzene rings is 1. The number of ether oxygens (including phenoxy) is 1. The van der Waals surface area contributed by atoms with Crippen LogP contribution in [0.15, 0.2) is 36.5 Å². The van der Waals surface area contributed by atoms with Gasteiger partial charge in [0.15, 0.2) is 6.61 Å². The number of carbonyl (C=O) groups excluding carboxylic acids is 1. The van der Waals surface area contributed by atoms with Gasteiger partial charge in [-0.2, -0.15) is 0 Å². The Morgan fingerprint density at radius 1 is 1.43 bits per heavy atom. The van der Waals surface area contributed by atoms with Crippen molar-refractivity contribution in [2.45, 2.75) is 13.0 Å². The molecule has 6 heteroatoms. The van der Waals surface area contributed by atoms with E-state index in [1.807, 2.05) is 25.1 Å². The van der Waals surface area contributed by atoms with Crippen molar-refractivity contribution in [3.05, 3.63) is 42.2 Å². The van der Waals surface area contributed by atoms with Gasteiger partial charge in [-0.3, -0.25) is 9.78 Å².